The second-order valence-electron chi connectivity index (χ2n) is 6.25. The molecule has 152 valence electrons. The first-order chi connectivity index (χ1) is 10.8. The van der Waals surface area contributed by atoms with E-state index in [2.05, 4.69) is 4.90 Å². The topological polar surface area (TPSA) is 49.6 Å². The van der Waals surface area contributed by atoms with Crippen molar-refractivity contribution < 1.29 is 18.0 Å². The monoisotopic (exact) mass is 409 g/mol. The molecule has 0 aliphatic heterocycles. The molecule has 0 saturated heterocycles. The lowest BCUT2D eigenvalue weighted by Gasteiger charge is -2.30. The molecule has 0 bridgehead atoms. The minimum atomic E-state index is -4.24. The molecule has 1 fully saturated rings. The first-order valence-corrected chi connectivity index (χ1v) is 8.60. The summed E-state index contributed by atoms with van der Waals surface area (Å²) in [6.07, 6.45) is -2.61. The van der Waals surface area contributed by atoms with E-state index >= 15 is 0 Å². The van der Waals surface area contributed by atoms with Gasteiger partial charge in [-0.1, -0.05) is 20.3 Å². The van der Waals surface area contributed by atoms with Crippen LogP contribution in [0.1, 0.15) is 39.5 Å². The van der Waals surface area contributed by atoms with Gasteiger partial charge in [-0.3, -0.25) is 4.79 Å². The Morgan fingerprint density at radius 2 is 1.68 bits per heavy atom. The second kappa shape index (κ2) is 13.0. The van der Waals surface area contributed by atoms with Crippen LogP contribution in [0.2, 0.25) is 0 Å². The van der Waals surface area contributed by atoms with E-state index in [0.717, 1.165) is 32.4 Å². The van der Waals surface area contributed by atoms with Crippen LogP contribution in [-0.2, 0) is 4.79 Å². The fourth-order valence-electron chi connectivity index (χ4n) is 3.27. The van der Waals surface area contributed by atoms with Gasteiger partial charge in [-0.15, -0.1) is 24.8 Å². The van der Waals surface area contributed by atoms with Gasteiger partial charge in [-0.25, -0.2) is 0 Å². The molecule has 1 aliphatic carbocycles. The van der Waals surface area contributed by atoms with Crippen LogP contribution in [0.4, 0.5) is 13.2 Å². The fraction of sp³-hybridized carbons (Fsp3) is 0.938. The summed E-state index contributed by atoms with van der Waals surface area (Å²) in [6, 6.07) is 0. The van der Waals surface area contributed by atoms with E-state index in [-0.39, 0.29) is 49.1 Å². The van der Waals surface area contributed by atoms with Crippen molar-refractivity contribution in [1.29, 1.82) is 0 Å². The summed E-state index contributed by atoms with van der Waals surface area (Å²) < 4.78 is 37.7. The van der Waals surface area contributed by atoms with E-state index < -0.39 is 12.6 Å². The van der Waals surface area contributed by atoms with Crippen molar-refractivity contribution in [3.05, 3.63) is 0 Å². The number of nitrogens with zero attached hydrogens (tertiary/aromatic N) is 2. The predicted molar refractivity (Wildman–Crippen MR) is 99.4 cm³/mol. The normalized spacial score (nSPS) is 20.1. The summed E-state index contributed by atoms with van der Waals surface area (Å²) >= 11 is 0. The number of carbonyl (C=O) groups is 1. The molecule has 1 amide bonds. The van der Waals surface area contributed by atoms with Gasteiger partial charge in [0.05, 0.1) is 6.42 Å². The number of carbonyl (C=O) groups excluding carboxylic acids is 1. The molecule has 1 aliphatic rings. The Kier molecular flexibility index (Phi) is 14.0. The standard InChI is InChI=1S/C16H30F3N3O.2ClH/c1-3-21(4-2)10-11-22(9-8-16(17,18)19)15(23)14-7-5-6-13(14)12-20;;/h13-14H,3-12,20H2,1-2H3;2*1H/t13-,14-;;/m1../s1. The number of amides is 1. The summed E-state index contributed by atoms with van der Waals surface area (Å²) in [5.74, 6) is -0.233. The molecule has 0 spiro atoms. The maximum Gasteiger partial charge on any atom is 0.390 e. The average molecular weight is 410 g/mol. The summed E-state index contributed by atoms with van der Waals surface area (Å²) in [5.41, 5.74) is 5.71. The van der Waals surface area contributed by atoms with Crippen LogP contribution in [-0.4, -0.2) is 61.2 Å². The highest BCUT2D eigenvalue weighted by Gasteiger charge is 2.36. The lowest BCUT2D eigenvalue weighted by Crippen LogP contribution is -2.44. The molecule has 2 N–H and O–H groups in total. The highest BCUT2D eigenvalue weighted by atomic mass is 35.5. The van der Waals surface area contributed by atoms with Crippen LogP contribution in [0.15, 0.2) is 0 Å². The van der Waals surface area contributed by atoms with Crippen molar-refractivity contribution in [2.24, 2.45) is 17.6 Å². The van der Waals surface area contributed by atoms with Gasteiger partial charge in [0.2, 0.25) is 5.91 Å². The Morgan fingerprint density at radius 3 is 2.16 bits per heavy atom. The Labute approximate surface area is 161 Å². The minimum absolute atomic E-state index is 0. The third-order valence-electron chi connectivity index (χ3n) is 4.84. The van der Waals surface area contributed by atoms with Crippen LogP contribution in [0.25, 0.3) is 0 Å². The highest BCUT2D eigenvalue weighted by Crippen LogP contribution is 2.32. The van der Waals surface area contributed by atoms with E-state index in [1.165, 1.54) is 4.90 Å². The molecule has 0 heterocycles. The zero-order chi connectivity index (χ0) is 17.5. The van der Waals surface area contributed by atoms with E-state index in [1.54, 1.807) is 0 Å². The zero-order valence-corrected chi connectivity index (χ0v) is 16.7. The van der Waals surface area contributed by atoms with Crippen LogP contribution < -0.4 is 5.73 Å². The van der Waals surface area contributed by atoms with Crippen LogP contribution in [0, 0.1) is 11.8 Å². The zero-order valence-electron chi connectivity index (χ0n) is 15.1. The van der Waals surface area contributed by atoms with Crippen molar-refractivity contribution in [2.75, 3.05) is 39.3 Å². The number of alkyl halides is 3. The van der Waals surface area contributed by atoms with Crippen LogP contribution in [0.3, 0.4) is 0 Å². The Hall–Kier alpha value is -0.240. The molecule has 0 aromatic carbocycles. The number of nitrogens with two attached hydrogens (primary N) is 1. The second-order valence-corrected chi connectivity index (χ2v) is 6.25. The molecule has 0 unspecified atom stereocenters. The minimum Gasteiger partial charge on any atom is -0.341 e. The van der Waals surface area contributed by atoms with Crippen molar-refractivity contribution in [1.82, 2.24) is 9.80 Å². The van der Waals surface area contributed by atoms with Crippen molar-refractivity contribution in [3.63, 3.8) is 0 Å². The molecule has 4 nitrogen and oxygen atoms in total. The quantitative estimate of drug-likeness (QED) is 0.635. The summed E-state index contributed by atoms with van der Waals surface area (Å²) in [7, 11) is 0. The molecule has 1 saturated carbocycles. The first kappa shape index (κ1) is 27.0. The summed E-state index contributed by atoms with van der Waals surface area (Å²) in [5, 5.41) is 0. The van der Waals surface area contributed by atoms with Gasteiger partial charge >= 0.3 is 6.18 Å². The van der Waals surface area contributed by atoms with Gasteiger partial charge < -0.3 is 15.5 Å². The fourth-order valence-corrected chi connectivity index (χ4v) is 3.27. The molecular formula is C16H32Cl2F3N3O. The molecule has 25 heavy (non-hydrogen) atoms. The Morgan fingerprint density at radius 1 is 1.08 bits per heavy atom. The van der Waals surface area contributed by atoms with Crippen molar-refractivity contribution in [2.45, 2.75) is 45.7 Å². The first-order valence-electron chi connectivity index (χ1n) is 8.60. The summed E-state index contributed by atoms with van der Waals surface area (Å²) in [4.78, 5) is 16.2. The van der Waals surface area contributed by atoms with Gasteiger partial charge in [-0.2, -0.15) is 13.2 Å². The van der Waals surface area contributed by atoms with Gasteiger partial charge in [0.15, 0.2) is 0 Å². The van der Waals surface area contributed by atoms with Gasteiger partial charge in [0.25, 0.3) is 0 Å². The predicted octanol–water partition coefficient (Wildman–Crippen LogP) is 3.33. The van der Waals surface area contributed by atoms with E-state index in [0.29, 0.717) is 19.6 Å². The molecule has 1 rings (SSSR count). The SMILES string of the molecule is CCN(CC)CCN(CCC(F)(F)F)C(=O)[C@@H]1CCC[C@@H]1CN.Cl.Cl. The molecule has 0 radical (unpaired) electrons. The number of halogens is 5. The van der Waals surface area contributed by atoms with Crippen molar-refractivity contribution >= 4 is 30.7 Å². The van der Waals surface area contributed by atoms with E-state index in [1.807, 2.05) is 13.8 Å². The maximum atomic E-state index is 12.7. The molecule has 9 heteroatoms. The average Bonchev–Trinajstić information content (AvgIpc) is 2.98. The third-order valence-corrected chi connectivity index (χ3v) is 4.84. The lowest BCUT2D eigenvalue weighted by atomic mass is 9.94. The van der Waals surface area contributed by atoms with Gasteiger partial charge in [-0.05, 0) is 38.4 Å². The third kappa shape index (κ3) is 9.31. The van der Waals surface area contributed by atoms with Gasteiger partial charge in [0.1, 0.15) is 0 Å². The number of likely N-dealkylation sites (N-methyl/N-ethyl adjacent to an activating group) is 1. The lowest BCUT2D eigenvalue weighted by molar-refractivity contribution is -0.148. The maximum absolute atomic E-state index is 12.7. The number of hydrogen-bond donors (Lipinski definition) is 1. The van der Waals surface area contributed by atoms with Crippen LogP contribution >= 0.6 is 24.8 Å². The van der Waals surface area contributed by atoms with Crippen LogP contribution in [0.5, 0.6) is 0 Å². The Bertz CT molecular complexity index is 369. The number of rotatable bonds is 9. The van der Waals surface area contributed by atoms with E-state index in [4.69, 9.17) is 5.73 Å². The molecule has 0 aromatic heterocycles. The number of hydrogen-bond acceptors (Lipinski definition) is 3. The molecule has 2 atom stereocenters. The molecule has 0 aromatic rings. The summed E-state index contributed by atoms with van der Waals surface area (Å²) in [6.45, 7) is 6.80. The largest absolute Gasteiger partial charge is 0.390 e. The van der Waals surface area contributed by atoms with Crippen molar-refractivity contribution in [3.8, 4) is 0 Å². The van der Waals surface area contributed by atoms with Gasteiger partial charge in [0, 0.05) is 25.6 Å². The molecular weight excluding hydrogens is 378 g/mol. The highest BCUT2D eigenvalue weighted by molar-refractivity contribution is 5.85. The Balaban J connectivity index is 0. The smallest absolute Gasteiger partial charge is 0.341 e. The van der Waals surface area contributed by atoms with E-state index in [9.17, 15) is 18.0 Å².